The molecule has 2 aliphatic rings. The van der Waals surface area contributed by atoms with Crippen LogP contribution in [0.25, 0.3) is 0 Å². The van der Waals surface area contributed by atoms with Gasteiger partial charge in [0.1, 0.15) is 0 Å². The molecule has 1 N–H and O–H groups in total. The zero-order chi connectivity index (χ0) is 25.1. The van der Waals surface area contributed by atoms with Crippen molar-refractivity contribution in [1.82, 2.24) is 20.0 Å². The summed E-state index contributed by atoms with van der Waals surface area (Å²) in [5.74, 6) is -0.0809. The van der Waals surface area contributed by atoms with Gasteiger partial charge in [-0.3, -0.25) is 9.48 Å². The van der Waals surface area contributed by atoms with E-state index >= 15 is 0 Å². The van der Waals surface area contributed by atoms with Crippen molar-refractivity contribution < 1.29 is 14.3 Å². The largest absolute Gasteiger partial charge is 0.376 e. The fourth-order valence-corrected chi connectivity index (χ4v) is 4.98. The number of hydrogen-bond donors (Lipinski definition) is 1. The number of carbonyl (C=O) groups excluding carboxylic acids is 2. The third-order valence-electron chi connectivity index (χ3n) is 7.04. The average molecular weight is 488 g/mol. The summed E-state index contributed by atoms with van der Waals surface area (Å²) in [7, 11) is 1.93. The lowest BCUT2D eigenvalue weighted by atomic mass is 10.0. The summed E-state index contributed by atoms with van der Waals surface area (Å²) >= 11 is 0. The van der Waals surface area contributed by atoms with Crippen LogP contribution in [0.3, 0.4) is 0 Å². The second kappa shape index (κ2) is 10.5. The topological polar surface area (TPSA) is 79.7 Å². The number of aryl methyl sites for hydroxylation is 2. The number of benzene rings is 2. The Bertz CT molecular complexity index is 1220. The van der Waals surface area contributed by atoms with Crippen LogP contribution in [-0.4, -0.2) is 52.4 Å². The normalized spacial score (nSPS) is 17.1. The van der Waals surface area contributed by atoms with Crippen molar-refractivity contribution in [2.75, 3.05) is 24.6 Å². The summed E-state index contributed by atoms with van der Waals surface area (Å²) in [6.45, 7) is 4.74. The Morgan fingerprint density at radius 1 is 1.14 bits per heavy atom. The van der Waals surface area contributed by atoms with Crippen LogP contribution in [-0.2, 0) is 31.3 Å². The van der Waals surface area contributed by atoms with Crippen LogP contribution >= 0.6 is 0 Å². The first-order valence-corrected chi connectivity index (χ1v) is 12.6. The molecule has 8 heteroatoms. The second-order valence-electron chi connectivity index (χ2n) is 9.58. The SMILES string of the molecule is Cc1ccc(C(=O)N(Cc2nn(C)c3c2CN(C(=O)NC[C@@H]2CCCO2)CC3)c2ccccc2)cc1. The summed E-state index contributed by atoms with van der Waals surface area (Å²) in [6.07, 6.45) is 2.87. The average Bonchev–Trinajstić information content (AvgIpc) is 3.54. The van der Waals surface area contributed by atoms with E-state index in [0.717, 1.165) is 54.1 Å². The summed E-state index contributed by atoms with van der Waals surface area (Å²) in [5, 5.41) is 7.83. The number of aromatic nitrogens is 2. The van der Waals surface area contributed by atoms with Gasteiger partial charge in [-0.2, -0.15) is 5.10 Å². The minimum Gasteiger partial charge on any atom is -0.376 e. The molecule has 0 saturated carbocycles. The number of ether oxygens (including phenoxy) is 1. The molecule has 0 unspecified atom stereocenters. The van der Waals surface area contributed by atoms with E-state index in [2.05, 4.69) is 5.32 Å². The van der Waals surface area contributed by atoms with Gasteiger partial charge in [0, 0.05) is 55.7 Å². The van der Waals surface area contributed by atoms with Gasteiger partial charge in [0.05, 0.1) is 24.9 Å². The fraction of sp³-hybridized carbons (Fsp3) is 0.393. The lowest BCUT2D eigenvalue weighted by Crippen LogP contribution is -2.45. The molecule has 5 rings (SSSR count). The van der Waals surface area contributed by atoms with Crippen LogP contribution in [0, 0.1) is 6.92 Å². The highest BCUT2D eigenvalue weighted by molar-refractivity contribution is 6.06. The van der Waals surface area contributed by atoms with Crippen molar-refractivity contribution in [2.24, 2.45) is 7.05 Å². The minimum absolute atomic E-state index is 0.0809. The van der Waals surface area contributed by atoms with Gasteiger partial charge in [0.25, 0.3) is 5.91 Å². The number of hydrogen-bond acceptors (Lipinski definition) is 4. The van der Waals surface area contributed by atoms with E-state index in [0.29, 0.717) is 31.7 Å². The van der Waals surface area contributed by atoms with Gasteiger partial charge < -0.3 is 19.9 Å². The van der Waals surface area contributed by atoms with E-state index in [1.807, 2.05) is 78.2 Å². The molecule has 36 heavy (non-hydrogen) atoms. The number of amides is 3. The molecular weight excluding hydrogens is 454 g/mol. The van der Waals surface area contributed by atoms with Crippen LogP contribution in [0.2, 0.25) is 0 Å². The van der Waals surface area contributed by atoms with E-state index in [1.165, 1.54) is 0 Å². The Hall–Kier alpha value is -3.65. The summed E-state index contributed by atoms with van der Waals surface area (Å²) in [6, 6.07) is 17.2. The molecule has 8 nitrogen and oxygen atoms in total. The Morgan fingerprint density at radius 3 is 2.64 bits per heavy atom. The number of nitrogens with one attached hydrogen (secondary N) is 1. The molecule has 0 spiro atoms. The standard InChI is InChI=1S/C28H33N5O3/c1-20-10-12-21(13-11-20)27(34)33(22-7-4-3-5-8-22)19-25-24-18-32(15-14-26(24)31(2)30-25)28(35)29-17-23-9-6-16-36-23/h3-5,7-8,10-13,23H,6,9,14-19H2,1-2H3,(H,29,35)/t23-/m0/s1. The lowest BCUT2D eigenvalue weighted by Gasteiger charge is -2.29. The van der Waals surface area contributed by atoms with Crippen molar-refractivity contribution in [3.05, 3.63) is 82.7 Å². The molecule has 0 bridgehead atoms. The first-order chi connectivity index (χ1) is 17.5. The first-order valence-electron chi connectivity index (χ1n) is 12.6. The molecule has 2 aliphatic heterocycles. The maximum atomic E-state index is 13.6. The summed E-state index contributed by atoms with van der Waals surface area (Å²) in [4.78, 5) is 30.1. The van der Waals surface area contributed by atoms with Gasteiger partial charge in [-0.15, -0.1) is 0 Å². The van der Waals surface area contributed by atoms with Crippen LogP contribution in [0.5, 0.6) is 0 Å². The minimum atomic E-state index is -0.0819. The molecule has 188 valence electrons. The molecule has 3 heterocycles. The van der Waals surface area contributed by atoms with Gasteiger partial charge in [-0.1, -0.05) is 35.9 Å². The number of anilines is 1. The summed E-state index contributed by atoms with van der Waals surface area (Å²) in [5.41, 5.74) is 5.49. The molecule has 1 saturated heterocycles. The van der Waals surface area contributed by atoms with Crippen molar-refractivity contribution >= 4 is 17.6 Å². The molecule has 1 fully saturated rings. The van der Waals surface area contributed by atoms with Crippen LogP contribution in [0.15, 0.2) is 54.6 Å². The van der Waals surface area contributed by atoms with E-state index in [4.69, 9.17) is 9.84 Å². The molecule has 0 radical (unpaired) electrons. The zero-order valence-corrected chi connectivity index (χ0v) is 20.9. The highest BCUT2D eigenvalue weighted by atomic mass is 16.5. The third kappa shape index (κ3) is 5.14. The maximum Gasteiger partial charge on any atom is 0.317 e. The Morgan fingerprint density at radius 2 is 1.92 bits per heavy atom. The smallest absolute Gasteiger partial charge is 0.317 e. The molecule has 3 amide bonds. The van der Waals surface area contributed by atoms with E-state index in [9.17, 15) is 9.59 Å². The van der Waals surface area contributed by atoms with Crippen molar-refractivity contribution in [3.63, 3.8) is 0 Å². The van der Waals surface area contributed by atoms with Crippen LogP contribution < -0.4 is 10.2 Å². The maximum absolute atomic E-state index is 13.6. The molecule has 1 atom stereocenters. The quantitative estimate of drug-likeness (QED) is 0.573. The van der Waals surface area contributed by atoms with Crippen molar-refractivity contribution in [3.8, 4) is 0 Å². The number of fused-ring (bicyclic) bond motifs is 1. The molecular formula is C28H33N5O3. The van der Waals surface area contributed by atoms with E-state index in [-0.39, 0.29) is 18.0 Å². The zero-order valence-electron chi connectivity index (χ0n) is 20.9. The molecule has 2 aromatic carbocycles. The lowest BCUT2D eigenvalue weighted by molar-refractivity contribution is 0.0984. The van der Waals surface area contributed by atoms with Crippen LogP contribution in [0.1, 0.15) is 45.7 Å². The van der Waals surface area contributed by atoms with Crippen molar-refractivity contribution in [1.29, 1.82) is 0 Å². The van der Waals surface area contributed by atoms with Gasteiger partial charge in [-0.25, -0.2) is 4.79 Å². The Kier molecular flexibility index (Phi) is 7.04. The number of urea groups is 1. The Balaban J connectivity index is 1.37. The van der Waals surface area contributed by atoms with Gasteiger partial charge in [-0.05, 0) is 44.0 Å². The van der Waals surface area contributed by atoms with E-state index < -0.39 is 0 Å². The Labute approximate surface area is 211 Å². The third-order valence-corrected chi connectivity index (χ3v) is 7.04. The molecule has 1 aromatic heterocycles. The fourth-order valence-electron chi connectivity index (χ4n) is 4.98. The van der Waals surface area contributed by atoms with Gasteiger partial charge in [0.15, 0.2) is 0 Å². The molecule has 0 aliphatic carbocycles. The van der Waals surface area contributed by atoms with Gasteiger partial charge >= 0.3 is 6.03 Å². The first kappa shape index (κ1) is 24.1. The van der Waals surface area contributed by atoms with Crippen molar-refractivity contribution in [2.45, 2.75) is 45.4 Å². The number of para-hydroxylation sites is 1. The van der Waals surface area contributed by atoms with Gasteiger partial charge in [0.2, 0.25) is 0 Å². The number of rotatable bonds is 6. The predicted octanol–water partition coefficient (Wildman–Crippen LogP) is 3.82. The molecule has 3 aromatic rings. The monoisotopic (exact) mass is 487 g/mol. The second-order valence-corrected chi connectivity index (χ2v) is 9.58. The highest BCUT2D eigenvalue weighted by Gasteiger charge is 2.29. The predicted molar refractivity (Wildman–Crippen MR) is 138 cm³/mol. The van der Waals surface area contributed by atoms with Crippen LogP contribution in [0.4, 0.5) is 10.5 Å². The van der Waals surface area contributed by atoms with E-state index in [1.54, 1.807) is 4.90 Å². The number of nitrogens with zero attached hydrogens (tertiary/aromatic N) is 4. The highest BCUT2D eigenvalue weighted by Crippen LogP contribution is 2.26. The summed E-state index contributed by atoms with van der Waals surface area (Å²) < 4.78 is 7.53. The number of carbonyl (C=O) groups is 2.